The smallest absolute Gasteiger partial charge is 0.335 e. The number of aromatic carboxylic acids is 1. The van der Waals surface area contributed by atoms with Crippen molar-refractivity contribution in [3.63, 3.8) is 0 Å². The van der Waals surface area contributed by atoms with E-state index in [0.717, 1.165) is 12.1 Å². The van der Waals surface area contributed by atoms with E-state index in [4.69, 9.17) is 10.2 Å². The first-order valence-electron chi connectivity index (χ1n) is 5.45. The van der Waals surface area contributed by atoms with E-state index in [1.54, 1.807) is 4.72 Å². The van der Waals surface area contributed by atoms with Gasteiger partial charge in [-0.2, -0.15) is 0 Å². The van der Waals surface area contributed by atoms with Crippen LogP contribution in [0.15, 0.2) is 23.1 Å². The number of alkyl halides is 2. The number of nitrogens with one attached hydrogen (secondary N) is 1. The summed E-state index contributed by atoms with van der Waals surface area (Å²) in [6.45, 7) is 0.629. The number of aliphatic hydroxyl groups is 1. The van der Waals surface area contributed by atoms with Crippen LogP contribution in [0, 0.1) is 6.92 Å². The molecule has 0 aromatic heterocycles. The number of carbonyl (C=O) groups is 1. The Balaban J connectivity index is 2.99. The van der Waals surface area contributed by atoms with E-state index in [0.29, 0.717) is 5.56 Å². The van der Waals surface area contributed by atoms with Crippen LogP contribution in [0.3, 0.4) is 0 Å². The summed E-state index contributed by atoms with van der Waals surface area (Å²) in [6.07, 6.45) is -5.21. The van der Waals surface area contributed by atoms with Gasteiger partial charge in [-0.1, -0.05) is 6.07 Å². The molecule has 0 aliphatic carbocycles. The van der Waals surface area contributed by atoms with Crippen LogP contribution in [-0.4, -0.2) is 43.7 Å². The highest BCUT2D eigenvalue weighted by Crippen LogP contribution is 2.15. The van der Waals surface area contributed by atoms with Crippen LogP contribution in [-0.2, 0) is 10.0 Å². The molecular weight excluding hydrogens is 296 g/mol. The number of sulfonamides is 1. The third-order valence-corrected chi connectivity index (χ3v) is 3.94. The van der Waals surface area contributed by atoms with Crippen LogP contribution < -0.4 is 4.72 Å². The number of halogens is 2. The van der Waals surface area contributed by atoms with Crippen molar-refractivity contribution in [1.29, 1.82) is 0 Å². The third-order valence-electron chi connectivity index (χ3n) is 2.52. The largest absolute Gasteiger partial charge is 0.478 e. The number of aliphatic hydroxyl groups excluding tert-OH is 1. The number of hydrogen-bond donors (Lipinski definition) is 3. The van der Waals surface area contributed by atoms with E-state index in [-0.39, 0.29) is 10.5 Å². The van der Waals surface area contributed by atoms with Gasteiger partial charge in [0.05, 0.1) is 10.5 Å². The van der Waals surface area contributed by atoms with Crippen LogP contribution in [0.1, 0.15) is 15.9 Å². The zero-order chi connectivity index (χ0) is 15.5. The zero-order valence-electron chi connectivity index (χ0n) is 10.4. The molecule has 1 rings (SSSR count). The maximum atomic E-state index is 12.1. The molecule has 1 aromatic carbocycles. The van der Waals surface area contributed by atoms with Gasteiger partial charge in [-0.25, -0.2) is 26.7 Å². The second-order valence-corrected chi connectivity index (χ2v) is 5.80. The van der Waals surface area contributed by atoms with Crippen molar-refractivity contribution in [2.75, 3.05) is 6.54 Å². The van der Waals surface area contributed by atoms with Crippen LogP contribution in [0.2, 0.25) is 0 Å². The number of hydrogen-bond acceptors (Lipinski definition) is 4. The fourth-order valence-electron chi connectivity index (χ4n) is 1.37. The van der Waals surface area contributed by atoms with E-state index >= 15 is 0 Å². The Hall–Kier alpha value is -1.58. The average molecular weight is 309 g/mol. The highest BCUT2D eigenvalue weighted by Gasteiger charge is 2.22. The minimum absolute atomic E-state index is 0.206. The molecule has 1 unspecified atom stereocenters. The van der Waals surface area contributed by atoms with Gasteiger partial charge in [0, 0.05) is 6.54 Å². The molecular formula is C11H13F2NO5S. The van der Waals surface area contributed by atoms with Crippen molar-refractivity contribution >= 4 is 16.0 Å². The van der Waals surface area contributed by atoms with Gasteiger partial charge in [0.25, 0.3) is 6.43 Å². The normalized spacial score (nSPS) is 13.4. The van der Waals surface area contributed by atoms with Crippen LogP contribution in [0.4, 0.5) is 8.78 Å². The van der Waals surface area contributed by atoms with Crippen molar-refractivity contribution in [1.82, 2.24) is 4.72 Å². The van der Waals surface area contributed by atoms with Gasteiger partial charge in [-0.15, -0.1) is 0 Å². The summed E-state index contributed by atoms with van der Waals surface area (Å²) in [4.78, 5) is 10.5. The van der Waals surface area contributed by atoms with Crippen molar-refractivity contribution in [3.8, 4) is 0 Å². The molecule has 0 spiro atoms. The van der Waals surface area contributed by atoms with Crippen LogP contribution >= 0.6 is 0 Å². The average Bonchev–Trinajstić information content (AvgIpc) is 2.35. The molecule has 6 nitrogen and oxygen atoms in total. The van der Waals surface area contributed by atoms with Gasteiger partial charge in [0.15, 0.2) is 0 Å². The van der Waals surface area contributed by atoms with Gasteiger partial charge in [0.2, 0.25) is 10.0 Å². The Morgan fingerprint density at radius 2 is 2.00 bits per heavy atom. The summed E-state index contributed by atoms with van der Waals surface area (Å²) in [7, 11) is -4.17. The van der Waals surface area contributed by atoms with Gasteiger partial charge in [-0.3, -0.25) is 0 Å². The second-order valence-electron chi connectivity index (χ2n) is 4.04. The Labute approximate surface area is 114 Å². The van der Waals surface area contributed by atoms with E-state index < -0.39 is 35.1 Å². The summed E-state index contributed by atoms with van der Waals surface area (Å²) in [5.74, 6) is -1.30. The molecule has 0 amide bonds. The van der Waals surface area contributed by atoms with E-state index in [9.17, 15) is 22.0 Å². The van der Waals surface area contributed by atoms with Crippen molar-refractivity contribution in [3.05, 3.63) is 29.3 Å². The maximum absolute atomic E-state index is 12.1. The molecule has 0 heterocycles. The van der Waals surface area contributed by atoms with Crippen molar-refractivity contribution < 1.29 is 32.2 Å². The lowest BCUT2D eigenvalue weighted by Gasteiger charge is -2.12. The predicted molar refractivity (Wildman–Crippen MR) is 65.3 cm³/mol. The first-order valence-corrected chi connectivity index (χ1v) is 6.93. The van der Waals surface area contributed by atoms with Crippen LogP contribution in [0.5, 0.6) is 0 Å². The van der Waals surface area contributed by atoms with Crippen molar-refractivity contribution in [2.45, 2.75) is 24.3 Å². The quantitative estimate of drug-likeness (QED) is 0.714. The van der Waals surface area contributed by atoms with Gasteiger partial charge in [0.1, 0.15) is 6.10 Å². The molecule has 112 valence electrons. The molecule has 1 atom stereocenters. The first-order chi connectivity index (χ1) is 9.15. The monoisotopic (exact) mass is 309 g/mol. The molecule has 0 saturated carbocycles. The van der Waals surface area contributed by atoms with E-state index in [2.05, 4.69) is 0 Å². The van der Waals surface area contributed by atoms with Gasteiger partial charge >= 0.3 is 5.97 Å². The molecule has 0 saturated heterocycles. The first kappa shape index (κ1) is 16.5. The Kier molecular flexibility index (Phi) is 5.15. The Morgan fingerprint density at radius 1 is 1.40 bits per heavy atom. The molecule has 1 aromatic rings. The number of rotatable bonds is 6. The SMILES string of the molecule is Cc1ccc(S(=O)(=O)NCC(O)C(F)F)cc1C(=O)O. The molecule has 0 aliphatic rings. The molecule has 0 aliphatic heterocycles. The van der Waals surface area contributed by atoms with Crippen LogP contribution in [0.25, 0.3) is 0 Å². The minimum atomic E-state index is -4.17. The topological polar surface area (TPSA) is 104 Å². The lowest BCUT2D eigenvalue weighted by Crippen LogP contribution is -2.35. The molecule has 9 heteroatoms. The van der Waals surface area contributed by atoms with E-state index in [1.807, 2.05) is 0 Å². The Bertz CT molecular complexity index is 603. The standard InChI is InChI=1S/C11H13F2NO5S/c1-6-2-3-7(4-8(6)11(16)17)20(18,19)14-5-9(15)10(12)13/h2-4,9-10,14-15H,5H2,1H3,(H,16,17). The molecule has 0 radical (unpaired) electrons. The third kappa shape index (κ3) is 3.95. The summed E-state index contributed by atoms with van der Waals surface area (Å²) in [5, 5.41) is 17.7. The number of carboxylic acid groups (broad SMARTS) is 1. The fraction of sp³-hybridized carbons (Fsp3) is 0.364. The Morgan fingerprint density at radius 3 is 2.50 bits per heavy atom. The molecule has 0 bridgehead atoms. The molecule has 20 heavy (non-hydrogen) atoms. The number of benzene rings is 1. The molecule has 0 fully saturated rings. The summed E-state index contributed by atoms with van der Waals surface area (Å²) in [5.41, 5.74) is 0.159. The van der Waals surface area contributed by atoms with Gasteiger partial charge in [-0.05, 0) is 24.6 Å². The second kappa shape index (κ2) is 6.25. The fourth-order valence-corrected chi connectivity index (χ4v) is 2.44. The van der Waals surface area contributed by atoms with Crippen molar-refractivity contribution in [2.24, 2.45) is 0 Å². The highest BCUT2D eigenvalue weighted by molar-refractivity contribution is 7.89. The maximum Gasteiger partial charge on any atom is 0.335 e. The summed E-state index contributed by atoms with van der Waals surface area (Å²) < 4.78 is 49.5. The summed E-state index contributed by atoms with van der Waals surface area (Å²) in [6, 6.07) is 3.37. The summed E-state index contributed by atoms with van der Waals surface area (Å²) >= 11 is 0. The molecule has 3 N–H and O–H groups in total. The minimum Gasteiger partial charge on any atom is -0.478 e. The number of carboxylic acids is 1. The van der Waals surface area contributed by atoms with E-state index in [1.165, 1.54) is 13.0 Å². The lowest BCUT2D eigenvalue weighted by molar-refractivity contribution is -0.000451. The predicted octanol–water partition coefficient (Wildman–Crippen LogP) is 0.598. The zero-order valence-corrected chi connectivity index (χ0v) is 11.2. The number of aryl methyl sites for hydroxylation is 1. The lowest BCUT2D eigenvalue weighted by atomic mass is 10.1. The highest BCUT2D eigenvalue weighted by atomic mass is 32.2. The van der Waals surface area contributed by atoms with Gasteiger partial charge < -0.3 is 10.2 Å².